The van der Waals surface area contributed by atoms with Crippen molar-refractivity contribution in [2.75, 3.05) is 7.11 Å². The van der Waals surface area contributed by atoms with E-state index in [0.717, 1.165) is 12.0 Å². The standard InChI is InChI=1S/C20H29NO3/c1-9-12-18(2,3)24-16-11-10-15(13-17(16)23-8)19(4,5)20(6,7)21-14-22/h10-11,13-14H,1-8H3,(H,21,22). The summed E-state index contributed by atoms with van der Waals surface area (Å²) in [5.41, 5.74) is -0.282. The van der Waals surface area contributed by atoms with Crippen LogP contribution in [0.5, 0.6) is 11.5 Å². The van der Waals surface area contributed by atoms with E-state index in [4.69, 9.17) is 9.47 Å². The molecule has 1 rings (SSSR count). The van der Waals surface area contributed by atoms with Gasteiger partial charge in [0.2, 0.25) is 6.41 Å². The van der Waals surface area contributed by atoms with Crippen LogP contribution in [0.2, 0.25) is 0 Å². The van der Waals surface area contributed by atoms with Gasteiger partial charge in [0.1, 0.15) is 0 Å². The number of carbonyl (C=O) groups excluding carboxylic acids is 1. The number of amides is 1. The Morgan fingerprint density at radius 3 is 2.21 bits per heavy atom. The van der Waals surface area contributed by atoms with Crippen LogP contribution in [-0.2, 0) is 10.2 Å². The molecule has 0 heterocycles. The van der Waals surface area contributed by atoms with Crippen molar-refractivity contribution in [3.63, 3.8) is 0 Å². The molecule has 0 saturated carbocycles. The zero-order chi connectivity index (χ0) is 18.6. The van der Waals surface area contributed by atoms with E-state index in [1.165, 1.54) is 0 Å². The van der Waals surface area contributed by atoms with Gasteiger partial charge in [-0.15, -0.1) is 5.92 Å². The lowest BCUT2D eigenvalue weighted by Crippen LogP contribution is -2.53. The van der Waals surface area contributed by atoms with Gasteiger partial charge in [-0.2, -0.15) is 0 Å². The van der Waals surface area contributed by atoms with Crippen molar-refractivity contribution in [2.24, 2.45) is 0 Å². The zero-order valence-corrected chi connectivity index (χ0v) is 16.0. The molecule has 0 unspecified atom stereocenters. The summed E-state index contributed by atoms with van der Waals surface area (Å²) >= 11 is 0. The van der Waals surface area contributed by atoms with Crippen molar-refractivity contribution in [1.82, 2.24) is 5.32 Å². The Morgan fingerprint density at radius 2 is 1.71 bits per heavy atom. The van der Waals surface area contributed by atoms with E-state index in [1.807, 2.05) is 45.9 Å². The maximum atomic E-state index is 10.9. The summed E-state index contributed by atoms with van der Waals surface area (Å²) in [6.07, 6.45) is 0.738. The second-order valence-electron chi connectivity index (χ2n) is 7.37. The molecule has 0 fully saturated rings. The van der Waals surface area contributed by atoms with Gasteiger partial charge in [-0.05, 0) is 52.3 Å². The van der Waals surface area contributed by atoms with Crippen molar-refractivity contribution < 1.29 is 14.3 Å². The van der Waals surface area contributed by atoms with E-state index in [1.54, 1.807) is 14.0 Å². The quantitative estimate of drug-likeness (QED) is 0.612. The summed E-state index contributed by atoms with van der Waals surface area (Å²) < 4.78 is 11.5. The highest BCUT2D eigenvalue weighted by atomic mass is 16.5. The van der Waals surface area contributed by atoms with Crippen molar-refractivity contribution in [2.45, 2.75) is 65.0 Å². The van der Waals surface area contributed by atoms with Crippen molar-refractivity contribution in [3.8, 4) is 23.3 Å². The molecule has 0 atom stereocenters. The van der Waals surface area contributed by atoms with Gasteiger partial charge in [-0.25, -0.2) is 0 Å². The minimum atomic E-state index is -0.600. The molecule has 0 aromatic heterocycles. The first-order valence-corrected chi connectivity index (χ1v) is 8.03. The van der Waals surface area contributed by atoms with Gasteiger partial charge in [0.05, 0.1) is 7.11 Å². The van der Waals surface area contributed by atoms with Gasteiger partial charge in [-0.1, -0.05) is 25.8 Å². The Bertz CT molecular complexity index is 649. The predicted octanol–water partition coefficient (Wildman–Crippen LogP) is 3.68. The molecule has 1 amide bonds. The number of benzene rings is 1. The van der Waals surface area contributed by atoms with Crippen LogP contribution < -0.4 is 14.8 Å². The van der Waals surface area contributed by atoms with Crippen LogP contribution in [0.15, 0.2) is 18.2 Å². The van der Waals surface area contributed by atoms with Crippen molar-refractivity contribution in [1.29, 1.82) is 0 Å². The van der Waals surface area contributed by atoms with Crippen LogP contribution >= 0.6 is 0 Å². The fourth-order valence-electron chi connectivity index (χ4n) is 2.43. The molecule has 1 N–H and O–H groups in total. The zero-order valence-electron chi connectivity index (χ0n) is 16.0. The fourth-order valence-corrected chi connectivity index (χ4v) is 2.43. The molecule has 4 nitrogen and oxygen atoms in total. The summed E-state index contributed by atoms with van der Waals surface area (Å²) in [4.78, 5) is 10.9. The fraction of sp³-hybridized carbons (Fsp3) is 0.550. The number of carbonyl (C=O) groups is 1. The van der Waals surface area contributed by atoms with E-state index in [0.29, 0.717) is 11.5 Å². The minimum Gasteiger partial charge on any atom is -0.493 e. The van der Waals surface area contributed by atoms with E-state index >= 15 is 0 Å². The number of hydrogen-bond acceptors (Lipinski definition) is 3. The van der Waals surface area contributed by atoms with Crippen LogP contribution in [0.4, 0.5) is 0 Å². The molecule has 4 heteroatoms. The van der Waals surface area contributed by atoms with Gasteiger partial charge < -0.3 is 14.8 Å². The third-order valence-corrected chi connectivity index (χ3v) is 4.66. The summed E-state index contributed by atoms with van der Waals surface area (Å²) in [5.74, 6) is 7.20. The maximum Gasteiger partial charge on any atom is 0.207 e. The van der Waals surface area contributed by atoms with E-state index in [9.17, 15) is 4.79 Å². The van der Waals surface area contributed by atoms with Crippen LogP contribution in [-0.4, -0.2) is 24.7 Å². The Balaban J connectivity index is 3.27. The number of rotatable bonds is 7. The van der Waals surface area contributed by atoms with Crippen LogP contribution in [0.1, 0.15) is 54.0 Å². The highest BCUT2D eigenvalue weighted by Gasteiger charge is 2.38. The van der Waals surface area contributed by atoms with E-state index < -0.39 is 11.1 Å². The summed E-state index contributed by atoms with van der Waals surface area (Å²) in [6, 6.07) is 5.85. The first-order chi connectivity index (χ1) is 11.0. The molecular weight excluding hydrogens is 302 g/mol. The molecule has 0 aliphatic heterocycles. The summed E-state index contributed by atoms with van der Waals surface area (Å²) in [6.45, 7) is 13.8. The molecule has 24 heavy (non-hydrogen) atoms. The molecule has 0 bridgehead atoms. The van der Waals surface area contributed by atoms with Crippen LogP contribution in [0.3, 0.4) is 0 Å². The average molecular weight is 331 g/mol. The van der Waals surface area contributed by atoms with Gasteiger partial charge in [0.15, 0.2) is 17.1 Å². The molecule has 0 saturated heterocycles. The van der Waals surface area contributed by atoms with Gasteiger partial charge in [-0.3, -0.25) is 4.79 Å². The number of methoxy groups -OCH3 is 1. The van der Waals surface area contributed by atoms with Crippen molar-refractivity contribution in [3.05, 3.63) is 23.8 Å². The predicted molar refractivity (Wildman–Crippen MR) is 97.5 cm³/mol. The molecule has 0 spiro atoms. The molecule has 1 aromatic carbocycles. The maximum absolute atomic E-state index is 10.9. The van der Waals surface area contributed by atoms with E-state index in [2.05, 4.69) is 31.0 Å². The summed E-state index contributed by atoms with van der Waals surface area (Å²) in [5, 5.41) is 2.90. The van der Waals surface area contributed by atoms with Gasteiger partial charge >= 0.3 is 0 Å². The van der Waals surface area contributed by atoms with Gasteiger partial charge in [0, 0.05) is 11.0 Å². The van der Waals surface area contributed by atoms with Crippen LogP contribution in [0.25, 0.3) is 0 Å². The largest absolute Gasteiger partial charge is 0.493 e. The second kappa shape index (κ2) is 7.17. The second-order valence-corrected chi connectivity index (χ2v) is 7.37. The molecular formula is C20H29NO3. The molecule has 1 aromatic rings. The first kappa shape index (κ1) is 19.9. The number of hydrogen-bond donors (Lipinski definition) is 1. The number of ether oxygens (including phenoxy) is 2. The number of nitrogens with one attached hydrogen (secondary N) is 1. The minimum absolute atomic E-state index is 0.307. The first-order valence-electron chi connectivity index (χ1n) is 8.03. The Labute approximate surface area is 145 Å². The Morgan fingerprint density at radius 1 is 1.08 bits per heavy atom. The third kappa shape index (κ3) is 4.23. The Kier molecular flexibility index (Phi) is 5.94. The summed E-state index contributed by atoms with van der Waals surface area (Å²) in [7, 11) is 1.62. The van der Waals surface area contributed by atoms with Gasteiger partial charge in [0.25, 0.3) is 0 Å². The monoisotopic (exact) mass is 331 g/mol. The van der Waals surface area contributed by atoms with E-state index in [-0.39, 0.29) is 5.41 Å². The molecule has 0 aliphatic carbocycles. The third-order valence-electron chi connectivity index (χ3n) is 4.66. The molecule has 0 aliphatic rings. The highest BCUT2D eigenvalue weighted by Crippen LogP contribution is 2.39. The lowest BCUT2D eigenvalue weighted by Gasteiger charge is -2.42. The van der Waals surface area contributed by atoms with Crippen molar-refractivity contribution >= 4 is 6.41 Å². The Hall–Kier alpha value is -2.15. The molecule has 0 radical (unpaired) electrons. The molecule has 132 valence electrons. The SMILES string of the molecule is CC#CC(C)(C)Oc1ccc(C(C)(C)C(C)(C)NC=O)cc1OC. The van der Waals surface area contributed by atoms with Crippen LogP contribution in [0, 0.1) is 11.8 Å². The normalized spacial score (nSPS) is 12.0. The topological polar surface area (TPSA) is 47.6 Å². The average Bonchev–Trinajstić information content (AvgIpc) is 2.46. The highest BCUT2D eigenvalue weighted by molar-refractivity contribution is 5.51. The lowest BCUT2D eigenvalue weighted by molar-refractivity contribution is -0.111. The smallest absolute Gasteiger partial charge is 0.207 e. The lowest BCUT2D eigenvalue weighted by atomic mass is 9.69.